The lowest BCUT2D eigenvalue weighted by Crippen LogP contribution is -1.37. The summed E-state index contributed by atoms with van der Waals surface area (Å²) in [5.41, 5.74) is 0. The van der Waals surface area contributed by atoms with Gasteiger partial charge in [0.15, 0.2) is 0 Å². The van der Waals surface area contributed by atoms with Crippen LogP contribution in [0.2, 0.25) is 0 Å². The van der Waals surface area contributed by atoms with E-state index >= 15 is 0 Å². The molecule has 1 radical (unpaired) electrons. The minimum Gasteiger partial charge on any atom is -0.229 e. The van der Waals surface area contributed by atoms with E-state index in [0.29, 0.717) is 0 Å². The van der Waals surface area contributed by atoms with E-state index in [4.69, 9.17) is 0 Å². The van der Waals surface area contributed by atoms with Crippen LogP contribution in [0.3, 0.4) is 0 Å². The fraction of sp³-hybridized carbons (Fsp3) is 0. The van der Waals surface area contributed by atoms with Gasteiger partial charge in [-0.05, 0) is 0 Å². The van der Waals surface area contributed by atoms with Crippen LogP contribution in [0.25, 0.3) is 0 Å². The van der Waals surface area contributed by atoms with Crippen molar-refractivity contribution in [1.29, 1.82) is 0 Å². The second-order valence-electron chi connectivity index (χ2n) is 0.276. The Hall–Kier alpha value is -0.510. The number of hydrogen-bond donors (Lipinski definition) is 0. The minimum absolute atomic E-state index is 0.153. The highest BCUT2D eigenvalue weighted by Gasteiger charge is 1.51. The highest BCUT2D eigenvalue weighted by Crippen LogP contribution is 1.62. The average molecular weight is 57.0 g/mol. The topological polar surface area (TPSA) is 0 Å². The second kappa shape index (κ2) is 2.49. The highest BCUT2D eigenvalue weighted by molar-refractivity contribution is 4.92. The molecule has 0 aliphatic carbocycles. The van der Waals surface area contributed by atoms with E-state index in [2.05, 4.69) is 6.42 Å². The monoisotopic (exact) mass is 57.0 g/mol. The zero-order valence-electron chi connectivity index (χ0n) is 2.03. The summed E-state index contributed by atoms with van der Waals surface area (Å²) in [6.45, 7) is 0.153. The zero-order valence-corrected chi connectivity index (χ0v) is 2.03. The van der Waals surface area contributed by atoms with E-state index in [9.17, 15) is 4.39 Å². The molecule has 0 aromatic carbocycles. The van der Waals surface area contributed by atoms with Crippen LogP contribution in [0.15, 0.2) is 0 Å². The summed E-state index contributed by atoms with van der Waals surface area (Å²) in [5.74, 6) is 1.64. The predicted octanol–water partition coefficient (Wildman–Crippen LogP) is 0.751. The molecule has 0 amide bonds. The van der Waals surface area contributed by atoms with E-state index < -0.39 is 0 Å². The largest absolute Gasteiger partial charge is 0.229 e. The van der Waals surface area contributed by atoms with Crippen LogP contribution in [0, 0.1) is 19.0 Å². The van der Waals surface area contributed by atoms with Crippen LogP contribution in [-0.2, 0) is 0 Å². The Morgan fingerprint density at radius 3 is 2.25 bits per heavy atom. The van der Waals surface area contributed by atoms with Crippen molar-refractivity contribution in [3.05, 3.63) is 6.67 Å². The summed E-state index contributed by atoms with van der Waals surface area (Å²) in [6, 6.07) is 0. The van der Waals surface area contributed by atoms with Crippen LogP contribution in [0.5, 0.6) is 0 Å². The van der Waals surface area contributed by atoms with Gasteiger partial charge in [0.1, 0.15) is 0 Å². The van der Waals surface area contributed by atoms with Crippen LogP contribution >= 0.6 is 0 Å². The van der Waals surface area contributed by atoms with Crippen molar-refractivity contribution >= 4 is 0 Å². The first kappa shape index (κ1) is 3.49. The van der Waals surface area contributed by atoms with Crippen molar-refractivity contribution in [2.24, 2.45) is 0 Å². The molecular formula is C3H2F. The molecule has 0 saturated carbocycles. The van der Waals surface area contributed by atoms with Crippen molar-refractivity contribution in [3.63, 3.8) is 0 Å². The van der Waals surface area contributed by atoms with E-state index in [1.807, 2.05) is 0 Å². The standard InChI is InChI=1S/C3H2F/c1-2-3-4/h1,3H. The van der Waals surface area contributed by atoms with Gasteiger partial charge in [0.2, 0.25) is 6.67 Å². The summed E-state index contributed by atoms with van der Waals surface area (Å²) in [4.78, 5) is 0. The molecule has 0 aliphatic heterocycles. The summed E-state index contributed by atoms with van der Waals surface area (Å²) in [5, 5.41) is 0. The fourth-order valence-electron chi connectivity index (χ4n) is 0. The van der Waals surface area contributed by atoms with Gasteiger partial charge in [-0.1, -0.05) is 5.92 Å². The third-order valence-corrected chi connectivity index (χ3v) is 0.0630. The van der Waals surface area contributed by atoms with E-state index in [-0.39, 0.29) is 6.67 Å². The Labute approximate surface area is 24.6 Å². The molecule has 4 heavy (non-hydrogen) atoms. The summed E-state index contributed by atoms with van der Waals surface area (Å²) >= 11 is 0. The Bertz CT molecular complexity index is 33.0. The van der Waals surface area contributed by atoms with Crippen LogP contribution in [0.4, 0.5) is 4.39 Å². The number of halogens is 1. The molecular weight excluding hydrogens is 55.0 g/mol. The van der Waals surface area contributed by atoms with Crippen LogP contribution < -0.4 is 0 Å². The van der Waals surface area contributed by atoms with Gasteiger partial charge in [-0.3, -0.25) is 0 Å². The van der Waals surface area contributed by atoms with Gasteiger partial charge in [-0.2, -0.15) is 0 Å². The Morgan fingerprint density at radius 2 is 2.25 bits per heavy atom. The average Bonchev–Trinajstić information content (AvgIpc) is 1.37. The molecule has 0 fully saturated rings. The maximum Gasteiger partial charge on any atom is 0.202 e. The molecule has 0 heterocycles. The highest BCUT2D eigenvalue weighted by atomic mass is 19.1. The maximum atomic E-state index is 10.4. The van der Waals surface area contributed by atoms with Gasteiger partial charge in [-0.15, -0.1) is 6.42 Å². The first-order chi connectivity index (χ1) is 1.91. The molecule has 0 aromatic heterocycles. The Morgan fingerprint density at radius 1 is 2.00 bits per heavy atom. The molecule has 0 nitrogen and oxygen atoms in total. The van der Waals surface area contributed by atoms with Gasteiger partial charge in [0.25, 0.3) is 0 Å². The van der Waals surface area contributed by atoms with E-state index in [1.54, 1.807) is 5.92 Å². The molecule has 21 valence electrons. The quantitative estimate of drug-likeness (QED) is 0.360. The van der Waals surface area contributed by atoms with Crippen molar-refractivity contribution in [3.8, 4) is 12.3 Å². The lowest BCUT2D eigenvalue weighted by Gasteiger charge is -1.47. The molecule has 0 unspecified atom stereocenters. The van der Waals surface area contributed by atoms with Gasteiger partial charge in [0, 0.05) is 0 Å². The molecule has 0 aromatic rings. The summed E-state index contributed by atoms with van der Waals surface area (Å²) in [6.07, 6.45) is 4.35. The molecule has 0 saturated heterocycles. The molecule has 1 heteroatoms. The van der Waals surface area contributed by atoms with Gasteiger partial charge < -0.3 is 0 Å². The summed E-state index contributed by atoms with van der Waals surface area (Å²) < 4.78 is 10.4. The van der Waals surface area contributed by atoms with Gasteiger partial charge in [0.05, 0.1) is 0 Å². The molecule has 0 atom stereocenters. The first-order valence-electron chi connectivity index (χ1n) is 0.796. The van der Waals surface area contributed by atoms with Gasteiger partial charge >= 0.3 is 0 Å². The van der Waals surface area contributed by atoms with Crippen molar-refractivity contribution in [1.82, 2.24) is 0 Å². The van der Waals surface area contributed by atoms with Crippen LogP contribution in [-0.4, -0.2) is 0 Å². The molecule has 0 aliphatic rings. The van der Waals surface area contributed by atoms with E-state index in [1.165, 1.54) is 0 Å². The van der Waals surface area contributed by atoms with Crippen molar-refractivity contribution < 1.29 is 4.39 Å². The van der Waals surface area contributed by atoms with Crippen molar-refractivity contribution in [2.75, 3.05) is 0 Å². The third-order valence-electron chi connectivity index (χ3n) is 0.0630. The first-order valence-corrected chi connectivity index (χ1v) is 0.796. The maximum absolute atomic E-state index is 10.4. The lowest BCUT2D eigenvalue weighted by molar-refractivity contribution is 0.665. The number of terminal acetylenes is 1. The van der Waals surface area contributed by atoms with Crippen LogP contribution in [0.1, 0.15) is 0 Å². The smallest absolute Gasteiger partial charge is 0.202 e. The predicted molar refractivity (Wildman–Crippen MR) is 14.2 cm³/mol. The van der Waals surface area contributed by atoms with Crippen molar-refractivity contribution in [2.45, 2.75) is 0 Å². The zero-order chi connectivity index (χ0) is 3.41. The molecule has 0 rings (SSSR count). The third kappa shape index (κ3) is 1.49. The number of rotatable bonds is 0. The lowest BCUT2D eigenvalue weighted by atomic mass is 10.8. The molecule has 0 spiro atoms. The number of hydrogen-bond acceptors (Lipinski definition) is 0. The SMILES string of the molecule is C#C[CH]F. The van der Waals surface area contributed by atoms with E-state index in [0.717, 1.165) is 0 Å². The minimum atomic E-state index is 0.153. The molecule has 0 N–H and O–H groups in total. The molecule has 0 bridgehead atoms. The second-order valence-corrected chi connectivity index (χ2v) is 0.276. The normalized spacial score (nSPS) is 5.00. The van der Waals surface area contributed by atoms with Gasteiger partial charge in [-0.25, -0.2) is 4.39 Å². The Kier molecular flexibility index (Phi) is 2.17. The fourth-order valence-corrected chi connectivity index (χ4v) is 0. The summed E-state index contributed by atoms with van der Waals surface area (Å²) in [7, 11) is 0. The Balaban J connectivity index is 2.43.